The van der Waals surface area contributed by atoms with E-state index < -0.39 is 54.2 Å². The summed E-state index contributed by atoms with van der Waals surface area (Å²) in [7, 11) is 0. The average Bonchev–Trinajstić information content (AvgIpc) is 2.45. The van der Waals surface area contributed by atoms with Gasteiger partial charge in [-0.1, -0.05) is 13.0 Å². The maximum atomic E-state index is 13.2. The highest BCUT2D eigenvalue weighted by atomic mass is 19.4. The lowest BCUT2D eigenvalue weighted by molar-refractivity contribution is -0.449. The van der Waals surface area contributed by atoms with Gasteiger partial charge in [-0.3, -0.25) is 0 Å². The van der Waals surface area contributed by atoms with Gasteiger partial charge < -0.3 is 0 Å². The Hall–Kier alpha value is -1.31. The lowest BCUT2D eigenvalue weighted by Gasteiger charge is -2.41. The molecule has 0 aliphatic carbocycles. The van der Waals surface area contributed by atoms with E-state index in [2.05, 4.69) is 6.92 Å². The van der Waals surface area contributed by atoms with Crippen molar-refractivity contribution in [3.05, 3.63) is 19.1 Å². The van der Waals surface area contributed by atoms with E-state index in [0.29, 0.717) is 0 Å². The molecule has 15 heteroatoms. The molecular weight excluding hydrogens is 429 g/mol. The second-order valence-electron chi connectivity index (χ2n) is 5.04. The highest BCUT2D eigenvalue weighted by molar-refractivity contribution is 5.16. The van der Waals surface area contributed by atoms with Crippen LogP contribution in [-0.4, -0.2) is 41.7 Å². The molecule has 0 spiro atoms. The molecule has 0 fully saturated rings. The normalized spacial score (nSPS) is 16.3. The van der Waals surface area contributed by atoms with Crippen LogP contribution in [0.15, 0.2) is 12.2 Å². The number of hydrogen-bond acceptors (Lipinski definition) is 0. The Morgan fingerprint density at radius 3 is 1.19 bits per heavy atom. The SMILES string of the molecule is [CH2]CCC=CC(F)(F)C(F)(F)C(F)(F)C(F)(F)C(F)(F)C(F)(F)C(F)(F)F. The highest BCUT2D eigenvalue weighted by Gasteiger charge is 2.93. The van der Waals surface area contributed by atoms with E-state index in [1.807, 2.05) is 0 Å². The first-order valence-corrected chi connectivity index (χ1v) is 6.36. The minimum absolute atomic E-state index is 0.0115. The number of hydrogen-bond donors (Lipinski definition) is 0. The van der Waals surface area contributed by atoms with E-state index in [9.17, 15) is 65.9 Å². The van der Waals surface area contributed by atoms with Crippen molar-refractivity contribution in [1.82, 2.24) is 0 Å². The lowest BCUT2D eigenvalue weighted by Crippen LogP contribution is -2.72. The molecule has 1 radical (unpaired) electrons. The van der Waals surface area contributed by atoms with E-state index in [0.717, 1.165) is 0 Å². The fourth-order valence-corrected chi connectivity index (χ4v) is 1.43. The van der Waals surface area contributed by atoms with Crippen molar-refractivity contribution in [1.29, 1.82) is 0 Å². The molecule has 0 aromatic heterocycles. The van der Waals surface area contributed by atoms with Crippen LogP contribution in [0.5, 0.6) is 0 Å². The van der Waals surface area contributed by atoms with Gasteiger partial charge in [0.25, 0.3) is 0 Å². The topological polar surface area (TPSA) is 0 Å². The molecule has 0 unspecified atom stereocenters. The number of alkyl halides is 15. The zero-order valence-corrected chi connectivity index (χ0v) is 12.4. The zero-order valence-electron chi connectivity index (χ0n) is 12.4. The van der Waals surface area contributed by atoms with Gasteiger partial charge in [0.2, 0.25) is 0 Å². The molecule has 0 rings (SSSR count). The van der Waals surface area contributed by atoms with Crippen LogP contribution in [0.1, 0.15) is 12.8 Å². The van der Waals surface area contributed by atoms with Gasteiger partial charge in [-0.05, 0) is 18.9 Å². The molecule has 0 aliphatic rings. The lowest BCUT2D eigenvalue weighted by atomic mass is 9.91. The van der Waals surface area contributed by atoms with E-state index >= 15 is 0 Å². The van der Waals surface area contributed by atoms with E-state index in [1.165, 1.54) is 0 Å². The van der Waals surface area contributed by atoms with Crippen LogP contribution in [0.4, 0.5) is 65.9 Å². The molecule has 27 heavy (non-hydrogen) atoms. The molecule has 0 nitrogen and oxygen atoms in total. The van der Waals surface area contributed by atoms with Crippen LogP contribution in [0.2, 0.25) is 0 Å². The molecule has 0 heterocycles. The van der Waals surface area contributed by atoms with Gasteiger partial charge >= 0.3 is 41.7 Å². The third-order valence-electron chi connectivity index (χ3n) is 3.05. The summed E-state index contributed by atoms with van der Waals surface area (Å²) >= 11 is 0. The second kappa shape index (κ2) is 6.94. The first kappa shape index (κ1) is 25.7. The van der Waals surface area contributed by atoms with Crippen LogP contribution in [0.3, 0.4) is 0 Å². The monoisotopic (exact) mass is 437 g/mol. The van der Waals surface area contributed by atoms with Gasteiger partial charge in [0.1, 0.15) is 0 Å². The van der Waals surface area contributed by atoms with E-state index in [4.69, 9.17) is 0 Å². The molecule has 0 bridgehead atoms. The summed E-state index contributed by atoms with van der Waals surface area (Å²) in [6.07, 6.45) is -9.59. The van der Waals surface area contributed by atoms with Crippen LogP contribution >= 0.6 is 0 Å². The molecule has 0 aliphatic heterocycles. The maximum Gasteiger partial charge on any atom is 0.460 e. The van der Waals surface area contributed by atoms with Gasteiger partial charge in [0.05, 0.1) is 0 Å². The Bertz CT molecular complexity index is 539. The van der Waals surface area contributed by atoms with Crippen molar-refractivity contribution in [2.24, 2.45) is 0 Å². The Kier molecular flexibility index (Phi) is 6.60. The average molecular weight is 437 g/mol. The van der Waals surface area contributed by atoms with Crippen LogP contribution in [0.25, 0.3) is 0 Å². The van der Waals surface area contributed by atoms with Gasteiger partial charge in [-0.25, -0.2) is 0 Å². The molecule has 0 saturated heterocycles. The highest BCUT2D eigenvalue weighted by Crippen LogP contribution is 2.62. The van der Waals surface area contributed by atoms with Crippen molar-refractivity contribution < 1.29 is 65.9 Å². The molecule has 0 N–H and O–H groups in total. The summed E-state index contributed by atoms with van der Waals surface area (Å²) in [5.74, 6) is -46.2. The second-order valence-corrected chi connectivity index (χ2v) is 5.04. The summed E-state index contributed by atoms with van der Waals surface area (Å²) in [4.78, 5) is 0. The molecule has 0 atom stereocenters. The van der Waals surface area contributed by atoms with Crippen LogP contribution in [-0.2, 0) is 0 Å². The fourth-order valence-electron chi connectivity index (χ4n) is 1.43. The van der Waals surface area contributed by atoms with Crippen molar-refractivity contribution in [2.45, 2.75) is 54.6 Å². The minimum Gasteiger partial charge on any atom is -0.195 e. The van der Waals surface area contributed by atoms with Crippen molar-refractivity contribution in [3.63, 3.8) is 0 Å². The predicted molar refractivity (Wildman–Crippen MR) is 59.5 cm³/mol. The first-order chi connectivity index (χ1) is 11.6. The summed E-state index contributed by atoms with van der Waals surface area (Å²) in [5, 5.41) is 0. The number of allylic oxidation sites excluding steroid dienone is 2. The maximum absolute atomic E-state index is 13.2. The molecular formula is C12H8F15. The third-order valence-corrected chi connectivity index (χ3v) is 3.05. The van der Waals surface area contributed by atoms with Crippen LogP contribution in [0, 0.1) is 6.92 Å². The molecule has 0 aromatic carbocycles. The largest absolute Gasteiger partial charge is 0.460 e. The van der Waals surface area contributed by atoms with Crippen LogP contribution < -0.4 is 0 Å². The summed E-state index contributed by atoms with van der Waals surface area (Å²) in [6, 6.07) is 0. The fraction of sp³-hybridized carbons (Fsp3) is 0.750. The summed E-state index contributed by atoms with van der Waals surface area (Å²) in [5.41, 5.74) is 0. The standard InChI is InChI=1S/C12H8F15/c1-2-3-4-5-6(13,14)7(15,16)8(17,18)9(19,20)10(21,22)11(23,24)12(25,26)27/h4-5H,1-3H2. The first-order valence-electron chi connectivity index (χ1n) is 6.36. The molecule has 161 valence electrons. The van der Waals surface area contributed by atoms with Gasteiger partial charge in [0.15, 0.2) is 0 Å². The Labute approximate surface area is 141 Å². The van der Waals surface area contributed by atoms with Gasteiger partial charge in [-0.2, -0.15) is 65.9 Å². The molecule has 0 amide bonds. The minimum atomic E-state index is -8.24. The van der Waals surface area contributed by atoms with Crippen molar-refractivity contribution >= 4 is 0 Å². The molecule has 0 saturated carbocycles. The van der Waals surface area contributed by atoms with E-state index in [1.54, 1.807) is 0 Å². The Morgan fingerprint density at radius 1 is 0.519 bits per heavy atom. The summed E-state index contributed by atoms with van der Waals surface area (Å²) < 4.78 is 192. The predicted octanol–water partition coefficient (Wildman–Crippen LogP) is 6.53. The van der Waals surface area contributed by atoms with Crippen molar-refractivity contribution in [2.75, 3.05) is 0 Å². The van der Waals surface area contributed by atoms with Gasteiger partial charge in [-0.15, -0.1) is 0 Å². The quantitative estimate of drug-likeness (QED) is 0.299. The van der Waals surface area contributed by atoms with Gasteiger partial charge in [0, 0.05) is 0 Å². The Morgan fingerprint density at radius 2 is 0.852 bits per heavy atom. The third kappa shape index (κ3) is 3.69. The van der Waals surface area contributed by atoms with Crippen molar-refractivity contribution in [3.8, 4) is 0 Å². The summed E-state index contributed by atoms with van der Waals surface area (Å²) in [6.45, 7) is 3.00. The van der Waals surface area contributed by atoms with E-state index in [-0.39, 0.29) is 12.5 Å². The molecule has 0 aromatic rings. The number of rotatable bonds is 8. The Balaban J connectivity index is 6.39. The number of unbranched alkanes of at least 4 members (excludes halogenated alkanes) is 1. The number of halogens is 15. The smallest absolute Gasteiger partial charge is 0.195 e. The zero-order chi connectivity index (χ0) is 22.3.